The Kier molecular flexibility index (Phi) is 2.64. The molecule has 0 radical (unpaired) electrons. The molecule has 2 aromatic rings. The zero-order chi connectivity index (χ0) is 10.8. The maximum atomic E-state index is 9.62. The highest BCUT2D eigenvalue weighted by atomic mass is 79.9. The van der Waals surface area contributed by atoms with Gasteiger partial charge in [0.2, 0.25) is 0 Å². The minimum absolute atomic E-state index is 0.0979. The molecule has 78 valence electrons. The van der Waals surface area contributed by atoms with Crippen molar-refractivity contribution >= 4 is 15.9 Å². The van der Waals surface area contributed by atoms with Gasteiger partial charge in [0.1, 0.15) is 0 Å². The lowest BCUT2D eigenvalue weighted by molar-refractivity contribution is 0.372. The molecule has 0 saturated heterocycles. The Balaban J connectivity index is 2.55. The number of aromatic nitrogens is 2. The number of phenolic OH excluding ortho intramolecular Hbond substituents is 1. The summed E-state index contributed by atoms with van der Waals surface area (Å²) in [5.74, 6) is 0.523. The Morgan fingerprint density at radius 2 is 2.27 bits per heavy atom. The number of aromatic amines is 1. The molecular weight excluding hydrogens is 260 g/mol. The molecule has 0 aliphatic rings. The molecule has 0 atom stereocenters. The van der Waals surface area contributed by atoms with E-state index in [1.165, 1.54) is 7.11 Å². The molecule has 0 spiro atoms. The van der Waals surface area contributed by atoms with E-state index in [1.54, 1.807) is 24.7 Å². The number of aromatic hydroxyl groups is 1. The lowest BCUT2D eigenvalue weighted by Crippen LogP contribution is -1.86. The standard InChI is InChI=1S/C10H9BrN2O2/c1-15-9-3-6(2-7(11)10(9)14)8-4-12-5-13-8/h2-5,14H,1H3,(H,12,13). The average Bonchev–Trinajstić information content (AvgIpc) is 2.75. The Morgan fingerprint density at radius 1 is 1.47 bits per heavy atom. The number of methoxy groups -OCH3 is 1. The van der Waals surface area contributed by atoms with E-state index in [1.807, 2.05) is 0 Å². The van der Waals surface area contributed by atoms with Crippen LogP contribution in [0, 0.1) is 0 Å². The Bertz CT molecular complexity index is 469. The minimum atomic E-state index is 0.0979. The Morgan fingerprint density at radius 3 is 2.87 bits per heavy atom. The van der Waals surface area contributed by atoms with Gasteiger partial charge in [-0.2, -0.15) is 0 Å². The number of H-pyrrole nitrogens is 1. The van der Waals surface area contributed by atoms with Gasteiger partial charge in [-0.05, 0) is 28.1 Å². The highest BCUT2D eigenvalue weighted by Gasteiger charge is 2.10. The summed E-state index contributed by atoms with van der Waals surface area (Å²) in [6.45, 7) is 0. The lowest BCUT2D eigenvalue weighted by atomic mass is 10.1. The van der Waals surface area contributed by atoms with E-state index >= 15 is 0 Å². The predicted octanol–water partition coefficient (Wildman–Crippen LogP) is 2.55. The molecule has 15 heavy (non-hydrogen) atoms. The molecule has 1 aromatic carbocycles. The SMILES string of the molecule is COc1cc(-c2cnc[nH]2)cc(Br)c1O. The number of benzene rings is 1. The second-order valence-corrected chi connectivity index (χ2v) is 3.83. The molecule has 1 aromatic heterocycles. The van der Waals surface area contributed by atoms with Crippen LogP contribution in [0.5, 0.6) is 11.5 Å². The largest absolute Gasteiger partial charge is 0.503 e. The quantitative estimate of drug-likeness (QED) is 0.880. The molecule has 0 unspecified atom stereocenters. The van der Waals surface area contributed by atoms with Gasteiger partial charge in [-0.3, -0.25) is 0 Å². The number of ether oxygens (including phenoxy) is 1. The first kappa shape index (κ1) is 10.0. The lowest BCUT2D eigenvalue weighted by Gasteiger charge is -2.07. The number of halogens is 1. The van der Waals surface area contributed by atoms with Crippen molar-refractivity contribution in [2.24, 2.45) is 0 Å². The molecular formula is C10H9BrN2O2. The van der Waals surface area contributed by atoms with Gasteiger partial charge in [-0.1, -0.05) is 0 Å². The van der Waals surface area contributed by atoms with E-state index in [0.29, 0.717) is 10.2 Å². The van der Waals surface area contributed by atoms with Crippen molar-refractivity contribution in [3.63, 3.8) is 0 Å². The first-order chi connectivity index (χ1) is 7.22. The first-order valence-electron chi connectivity index (χ1n) is 4.27. The van der Waals surface area contributed by atoms with Crippen molar-refractivity contribution in [2.75, 3.05) is 7.11 Å². The number of hydrogen-bond donors (Lipinski definition) is 2. The van der Waals surface area contributed by atoms with Gasteiger partial charge >= 0.3 is 0 Å². The van der Waals surface area contributed by atoms with Crippen LogP contribution in [0.3, 0.4) is 0 Å². The topological polar surface area (TPSA) is 58.1 Å². The fourth-order valence-corrected chi connectivity index (χ4v) is 1.74. The van der Waals surface area contributed by atoms with E-state index in [0.717, 1.165) is 11.3 Å². The van der Waals surface area contributed by atoms with E-state index in [9.17, 15) is 5.11 Å². The van der Waals surface area contributed by atoms with Crippen LogP contribution in [0.2, 0.25) is 0 Å². The second kappa shape index (κ2) is 3.94. The van der Waals surface area contributed by atoms with Crippen LogP contribution in [-0.2, 0) is 0 Å². The fraction of sp³-hybridized carbons (Fsp3) is 0.100. The molecule has 0 aliphatic carbocycles. The summed E-state index contributed by atoms with van der Waals surface area (Å²) in [7, 11) is 1.51. The summed E-state index contributed by atoms with van der Waals surface area (Å²) in [6.07, 6.45) is 3.31. The zero-order valence-electron chi connectivity index (χ0n) is 7.99. The molecule has 0 bridgehead atoms. The second-order valence-electron chi connectivity index (χ2n) is 2.97. The van der Waals surface area contributed by atoms with Gasteiger partial charge in [-0.15, -0.1) is 0 Å². The van der Waals surface area contributed by atoms with Crippen molar-refractivity contribution in [1.29, 1.82) is 0 Å². The summed E-state index contributed by atoms with van der Waals surface area (Å²) in [4.78, 5) is 6.91. The van der Waals surface area contributed by atoms with Gasteiger partial charge in [0, 0.05) is 5.56 Å². The molecule has 0 fully saturated rings. The van der Waals surface area contributed by atoms with E-state index < -0.39 is 0 Å². The summed E-state index contributed by atoms with van der Waals surface area (Å²) in [5, 5.41) is 9.62. The van der Waals surface area contributed by atoms with Crippen molar-refractivity contribution in [3.05, 3.63) is 29.1 Å². The highest BCUT2D eigenvalue weighted by molar-refractivity contribution is 9.10. The third-order valence-electron chi connectivity index (χ3n) is 2.06. The first-order valence-corrected chi connectivity index (χ1v) is 5.07. The zero-order valence-corrected chi connectivity index (χ0v) is 9.58. The molecule has 1 heterocycles. The molecule has 0 amide bonds. The number of phenols is 1. The number of imidazole rings is 1. The normalized spacial score (nSPS) is 10.3. The predicted molar refractivity (Wildman–Crippen MR) is 59.9 cm³/mol. The van der Waals surface area contributed by atoms with E-state index in [-0.39, 0.29) is 5.75 Å². The monoisotopic (exact) mass is 268 g/mol. The van der Waals surface area contributed by atoms with Gasteiger partial charge in [0.15, 0.2) is 11.5 Å². The molecule has 2 rings (SSSR count). The van der Waals surface area contributed by atoms with Crippen LogP contribution < -0.4 is 4.74 Å². The number of nitrogens with zero attached hydrogens (tertiary/aromatic N) is 1. The molecule has 4 nitrogen and oxygen atoms in total. The number of rotatable bonds is 2. The smallest absolute Gasteiger partial charge is 0.172 e. The Hall–Kier alpha value is -1.49. The summed E-state index contributed by atoms with van der Waals surface area (Å²) < 4.78 is 5.64. The van der Waals surface area contributed by atoms with Crippen LogP contribution in [-0.4, -0.2) is 22.2 Å². The van der Waals surface area contributed by atoms with Gasteiger partial charge in [0.05, 0.1) is 29.8 Å². The average molecular weight is 269 g/mol. The van der Waals surface area contributed by atoms with Gasteiger partial charge in [0.25, 0.3) is 0 Å². The summed E-state index contributed by atoms with van der Waals surface area (Å²) in [5.41, 5.74) is 1.77. The van der Waals surface area contributed by atoms with Crippen LogP contribution in [0.1, 0.15) is 0 Å². The fourth-order valence-electron chi connectivity index (χ4n) is 1.30. The molecule has 2 N–H and O–H groups in total. The Labute approximate surface area is 95.1 Å². The van der Waals surface area contributed by atoms with E-state index in [4.69, 9.17) is 4.74 Å². The van der Waals surface area contributed by atoms with E-state index in [2.05, 4.69) is 25.9 Å². The number of nitrogens with one attached hydrogen (secondary N) is 1. The molecule has 0 aliphatic heterocycles. The summed E-state index contributed by atoms with van der Waals surface area (Å²) >= 11 is 3.26. The molecule has 0 saturated carbocycles. The van der Waals surface area contributed by atoms with Crippen molar-refractivity contribution in [3.8, 4) is 22.8 Å². The van der Waals surface area contributed by atoms with Crippen molar-refractivity contribution in [2.45, 2.75) is 0 Å². The third kappa shape index (κ3) is 1.83. The van der Waals surface area contributed by atoms with Gasteiger partial charge in [-0.25, -0.2) is 4.98 Å². The van der Waals surface area contributed by atoms with Crippen molar-refractivity contribution in [1.82, 2.24) is 9.97 Å². The minimum Gasteiger partial charge on any atom is -0.503 e. The third-order valence-corrected chi connectivity index (χ3v) is 2.66. The highest BCUT2D eigenvalue weighted by Crippen LogP contribution is 2.37. The maximum Gasteiger partial charge on any atom is 0.172 e. The van der Waals surface area contributed by atoms with Crippen molar-refractivity contribution < 1.29 is 9.84 Å². The van der Waals surface area contributed by atoms with Crippen LogP contribution >= 0.6 is 15.9 Å². The molecule has 5 heteroatoms. The van der Waals surface area contributed by atoms with Crippen LogP contribution in [0.4, 0.5) is 0 Å². The van der Waals surface area contributed by atoms with Crippen LogP contribution in [0.25, 0.3) is 11.3 Å². The van der Waals surface area contributed by atoms with Crippen LogP contribution in [0.15, 0.2) is 29.1 Å². The number of hydrogen-bond acceptors (Lipinski definition) is 3. The summed E-state index contributed by atoms with van der Waals surface area (Å²) in [6, 6.07) is 3.54. The van der Waals surface area contributed by atoms with Gasteiger partial charge < -0.3 is 14.8 Å². The maximum absolute atomic E-state index is 9.62.